The summed E-state index contributed by atoms with van der Waals surface area (Å²) in [7, 11) is 6.18. The summed E-state index contributed by atoms with van der Waals surface area (Å²) in [5.41, 5.74) is 0.910. The molecule has 0 fully saturated rings. The molecule has 1 unspecified atom stereocenters. The van der Waals surface area contributed by atoms with Crippen LogP contribution in [0.25, 0.3) is 0 Å². The average Bonchev–Trinajstić information content (AvgIpc) is 2.33. The first-order valence-electron chi connectivity index (χ1n) is 6.64. The van der Waals surface area contributed by atoms with E-state index in [0.29, 0.717) is 5.78 Å². The molecule has 0 aromatic carbocycles. The van der Waals surface area contributed by atoms with Gasteiger partial charge >= 0.3 is 0 Å². The number of nitrogens with zero attached hydrogens (tertiary/aromatic N) is 2. The SMILES string of the molecule is CC.CC1C=C(N(C)CCCCN(C)C)C1=O. The van der Waals surface area contributed by atoms with E-state index in [9.17, 15) is 4.79 Å². The van der Waals surface area contributed by atoms with Gasteiger partial charge in [0.05, 0.1) is 5.70 Å². The zero-order chi connectivity index (χ0) is 13.4. The van der Waals surface area contributed by atoms with Crippen LogP contribution in [0, 0.1) is 5.92 Å². The minimum atomic E-state index is 0.143. The Kier molecular flexibility index (Phi) is 7.88. The summed E-state index contributed by atoms with van der Waals surface area (Å²) in [5.74, 6) is 0.439. The van der Waals surface area contributed by atoms with Crippen molar-refractivity contribution >= 4 is 5.78 Å². The van der Waals surface area contributed by atoms with Crippen LogP contribution in [0.3, 0.4) is 0 Å². The molecule has 0 aromatic heterocycles. The van der Waals surface area contributed by atoms with Crippen molar-refractivity contribution in [2.45, 2.75) is 33.6 Å². The Morgan fingerprint density at radius 3 is 2.06 bits per heavy atom. The van der Waals surface area contributed by atoms with Gasteiger partial charge in [-0.1, -0.05) is 20.8 Å². The molecule has 17 heavy (non-hydrogen) atoms. The van der Waals surface area contributed by atoms with Crippen molar-refractivity contribution in [1.29, 1.82) is 0 Å². The van der Waals surface area contributed by atoms with Crippen molar-refractivity contribution in [3.8, 4) is 0 Å². The van der Waals surface area contributed by atoms with Crippen LogP contribution in [-0.4, -0.2) is 49.8 Å². The summed E-state index contributed by atoms with van der Waals surface area (Å²) in [5, 5.41) is 0. The van der Waals surface area contributed by atoms with Gasteiger partial charge in [0.15, 0.2) is 5.78 Å². The summed E-state index contributed by atoms with van der Waals surface area (Å²) >= 11 is 0. The number of hydrogen-bond donors (Lipinski definition) is 0. The Hall–Kier alpha value is -0.830. The highest BCUT2D eigenvalue weighted by molar-refractivity contribution is 6.03. The normalized spacial score (nSPS) is 18.2. The zero-order valence-electron chi connectivity index (χ0n) is 12.3. The van der Waals surface area contributed by atoms with Gasteiger partial charge in [-0.25, -0.2) is 0 Å². The average molecular weight is 240 g/mol. The molecule has 0 saturated carbocycles. The van der Waals surface area contributed by atoms with Crippen LogP contribution >= 0.6 is 0 Å². The topological polar surface area (TPSA) is 23.6 Å². The van der Waals surface area contributed by atoms with E-state index >= 15 is 0 Å². The lowest BCUT2D eigenvalue weighted by molar-refractivity contribution is -0.121. The number of ketones is 1. The molecule has 0 saturated heterocycles. The third-order valence-corrected chi connectivity index (χ3v) is 2.83. The fourth-order valence-corrected chi connectivity index (χ4v) is 1.74. The number of rotatable bonds is 6. The molecular weight excluding hydrogens is 212 g/mol. The molecule has 3 heteroatoms. The number of hydrogen-bond acceptors (Lipinski definition) is 3. The van der Waals surface area contributed by atoms with Crippen molar-refractivity contribution < 1.29 is 4.79 Å². The van der Waals surface area contributed by atoms with Gasteiger partial charge in [-0.05, 0) is 39.6 Å². The number of unbranched alkanes of at least 4 members (excludes halogenated alkanes) is 1. The largest absolute Gasteiger partial charge is 0.372 e. The fourth-order valence-electron chi connectivity index (χ4n) is 1.74. The molecule has 0 radical (unpaired) electrons. The van der Waals surface area contributed by atoms with Gasteiger partial charge in [0, 0.05) is 19.5 Å². The molecule has 3 nitrogen and oxygen atoms in total. The predicted octanol–water partition coefficient (Wildman–Crippen LogP) is 2.39. The molecule has 1 atom stereocenters. The molecule has 1 aliphatic rings. The van der Waals surface area contributed by atoms with E-state index in [1.54, 1.807) is 0 Å². The minimum absolute atomic E-state index is 0.143. The van der Waals surface area contributed by atoms with Crippen LogP contribution in [0.4, 0.5) is 0 Å². The first kappa shape index (κ1) is 16.2. The second-order valence-corrected chi connectivity index (χ2v) is 4.64. The van der Waals surface area contributed by atoms with Gasteiger partial charge in [-0.2, -0.15) is 0 Å². The van der Waals surface area contributed by atoms with Crippen molar-refractivity contribution in [3.05, 3.63) is 11.8 Å². The molecule has 0 bridgehead atoms. The number of likely N-dealkylation sites (N-methyl/N-ethyl adjacent to an activating group) is 1. The summed E-state index contributed by atoms with van der Waals surface area (Å²) in [6.07, 6.45) is 4.39. The van der Waals surface area contributed by atoms with Crippen LogP contribution in [0.1, 0.15) is 33.6 Å². The zero-order valence-corrected chi connectivity index (χ0v) is 12.3. The van der Waals surface area contributed by atoms with Gasteiger partial charge in [0.2, 0.25) is 0 Å². The van der Waals surface area contributed by atoms with Crippen LogP contribution < -0.4 is 0 Å². The number of carbonyl (C=O) groups is 1. The highest BCUT2D eigenvalue weighted by Gasteiger charge is 2.28. The Bertz CT molecular complexity index is 259. The van der Waals surface area contributed by atoms with Crippen molar-refractivity contribution in [2.75, 3.05) is 34.2 Å². The molecule has 0 heterocycles. The Morgan fingerprint density at radius 2 is 1.65 bits per heavy atom. The molecule has 1 rings (SSSR count). The molecule has 0 N–H and O–H groups in total. The van der Waals surface area contributed by atoms with Gasteiger partial charge in [-0.15, -0.1) is 0 Å². The molecule has 0 aromatic rings. The van der Waals surface area contributed by atoms with Gasteiger partial charge in [-0.3, -0.25) is 4.79 Å². The van der Waals surface area contributed by atoms with Crippen LogP contribution in [0.2, 0.25) is 0 Å². The molecule has 100 valence electrons. The van der Waals surface area contributed by atoms with Crippen molar-refractivity contribution in [2.24, 2.45) is 5.92 Å². The molecule has 0 spiro atoms. The lowest BCUT2D eigenvalue weighted by Crippen LogP contribution is -2.34. The number of Topliss-reactive ketones (excluding diaryl/α,β-unsaturated/α-hetero) is 1. The van der Waals surface area contributed by atoms with Crippen LogP contribution in [-0.2, 0) is 4.79 Å². The summed E-state index contributed by atoms with van der Waals surface area (Å²) in [4.78, 5) is 15.7. The van der Waals surface area contributed by atoms with Gasteiger partial charge in [0.1, 0.15) is 0 Å². The van der Waals surface area contributed by atoms with E-state index < -0.39 is 0 Å². The predicted molar refractivity (Wildman–Crippen MR) is 74.0 cm³/mol. The first-order valence-corrected chi connectivity index (χ1v) is 6.64. The quantitative estimate of drug-likeness (QED) is 0.666. The van der Waals surface area contributed by atoms with Crippen molar-refractivity contribution in [1.82, 2.24) is 9.80 Å². The maximum absolute atomic E-state index is 11.4. The third kappa shape index (κ3) is 5.35. The third-order valence-electron chi connectivity index (χ3n) is 2.83. The second-order valence-electron chi connectivity index (χ2n) is 4.64. The molecule has 0 amide bonds. The minimum Gasteiger partial charge on any atom is -0.372 e. The van der Waals surface area contributed by atoms with E-state index in [4.69, 9.17) is 0 Å². The first-order chi connectivity index (χ1) is 8.02. The van der Waals surface area contributed by atoms with E-state index in [1.165, 1.54) is 6.42 Å². The van der Waals surface area contributed by atoms with Crippen LogP contribution in [0.5, 0.6) is 0 Å². The smallest absolute Gasteiger partial charge is 0.185 e. The lowest BCUT2D eigenvalue weighted by Gasteiger charge is -2.29. The van der Waals surface area contributed by atoms with E-state index in [0.717, 1.165) is 25.2 Å². The Labute approximate surface area is 106 Å². The van der Waals surface area contributed by atoms with Gasteiger partial charge < -0.3 is 9.80 Å². The van der Waals surface area contributed by atoms with Crippen molar-refractivity contribution in [3.63, 3.8) is 0 Å². The Morgan fingerprint density at radius 1 is 1.12 bits per heavy atom. The number of carbonyl (C=O) groups excluding carboxylic acids is 1. The lowest BCUT2D eigenvalue weighted by atomic mass is 9.90. The standard InChI is InChI=1S/C12H22N2O.C2H6/c1-10-9-11(12(10)15)14(4)8-6-5-7-13(2)3;1-2/h9-10H,5-8H2,1-4H3;1-2H3. The summed E-state index contributed by atoms with van der Waals surface area (Å²) < 4.78 is 0. The van der Waals surface area contributed by atoms with E-state index in [1.807, 2.05) is 33.9 Å². The van der Waals surface area contributed by atoms with Gasteiger partial charge in [0.25, 0.3) is 0 Å². The second kappa shape index (κ2) is 8.29. The highest BCUT2D eigenvalue weighted by Crippen LogP contribution is 2.23. The molecular formula is C14H28N2O. The number of allylic oxidation sites excluding steroid dienone is 2. The summed E-state index contributed by atoms with van der Waals surface area (Å²) in [6, 6.07) is 0. The monoisotopic (exact) mass is 240 g/mol. The molecule has 1 aliphatic carbocycles. The Balaban J connectivity index is 0.00000121. The fraction of sp³-hybridized carbons (Fsp3) is 0.786. The van der Waals surface area contributed by atoms with E-state index in [2.05, 4.69) is 23.9 Å². The maximum Gasteiger partial charge on any atom is 0.185 e. The van der Waals surface area contributed by atoms with E-state index in [-0.39, 0.29) is 5.92 Å². The molecule has 0 aliphatic heterocycles. The highest BCUT2D eigenvalue weighted by atomic mass is 16.1. The maximum atomic E-state index is 11.4. The summed E-state index contributed by atoms with van der Waals surface area (Å²) in [6.45, 7) is 8.06. The van der Waals surface area contributed by atoms with Crippen LogP contribution in [0.15, 0.2) is 11.8 Å².